The lowest BCUT2D eigenvalue weighted by Gasteiger charge is -2.25. The fourth-order valence-corrected chi connectivity index (χ4v) is 0.454. The molecule has 0 aromatic carbocycles. The second-order valence-electron chi connectivity index (χ2n) is 1.81. The summed E-state index contributed by atoms with van der Waals surface area (Å²) in [5.41, 5.74) is 2.65. The van der Waals surface area contributed by atoms with E-state index in [4.69, 9.17) is 0 Å². The van der Waals surface area contributed by atoms with Gasteiger partial charge in [0.2, 0.25) is 0 Å². The second kappa shape index (κ2) is 2.45. The van der Waals surface area contributed by atoms with Gasteiger partial charge >= 0.3 is 0 Å². The Bertz CT molecular complexity index is 138. The minimum Gasteiger partial charge on any atom is -0.207 e. The van der Waals surface area contributed by atoms with Crippen molar-refractivity contribution >= 4 is 0 Å². The average Bonchev–Trinajstić information content (AvgIpc) is 1.90. The topological polar surface area (TPSA) is 43.2 Å². The van der Waals surface area contributed by atoms with Crippen LogP contribution in [0, 0.1) is 0 Å². The molecule has 0 bridgehead atoms. The highest BCUT2D eigenvalue weighted by molar-refractivity contribution is 4.76. The van der Waals surface area contributed by atoms with Crippen LogP contribution < -0.4 is 5.53 Å². The first-order valence-corrected chi connectivity index (χ1v) is 2.59. The Morgan fingerprint density at radius 1 is 1.56 bits per heavy atom. The van der Waals surface area contributed by atoms with E-state index >= 15 is 0 Å². The van der Waals surface area contributed by atoms with E-state index in [0.29, 0.717) is 0 Å². The highest BCUT2D eigenvalue weighted by atomic mass is 15.9. The first kappa shape index (κ1) is 6.03. The van der Waals surface area contributed by atoms with Crippen LogP contribution >= 0.6 is 0 Å². The second-order valence-corrected chi connectivity index (χ2v) is 1.81. The quantitative estimate of drug-likeness (QED) is 0.544. The van der Waals surface area contributed by atoms with Gasteiger partial charge in [0.05, 0.1) is 12.4 Å². The molecule has 0 saturated carbocycles. The molecule has 0 aromatic rings. The number of rotatable bonds is 1. The first-order valence-electron chi connectivity index (χ1n) is 2.59. The van der Waals surface area contributed by atoms with Crippen LogP contribution in [0.4, 0.5) is 0 Å². The van der Waals surface area contributed by atoms with Gasteiger partial charge < -0.3 is 0 Å². The standard InChI is InChI=1S/C4H9N5/c1-8(2)9-4-3-5-6-7-9/h3-4H,1-2H3,(H,5,7). The van der Waals surface area contributed by atoms with E-state index in [9.17, 15) is 0 Å². The predicted molar refractivity (Wildman–Crippen MR) is 32.7 cm³/mol. The van der Waals surface area contributed by atoms with Crippen LogP contribution in [0.3, 0.4) is 0 Å². The molecular weight excluding hydrogens is 118 g/mol. The van der Waals surface area contributed by atoms with Crippen molar-refractivity contribution in [3.05, 3.63) is 12.4 Å². The third-order valence-corrected chi connectivity index (χ3v) is 0.910. The van der Waals surface area contributed by atoms with E-state index in [1.807, 2.05) is 19.1 Å². The number of hydrogen-bond donors (Lipinski definition) is 1. The summed E-state index contributed by atoms with van der Waals surface area (Å²) < 4.78 is 0. The Morgan fingerprint density at radius 3 is 2.67 bits per heavy atom. The number of hydrogen-bond acceptors (Lipinski definition) is 5. The molecule has 0 aliphatic carbocycles. The Morgan fingerprint density at radius 2 is 2.33 bits per heavy atom. The van der Waals surface area contributed by atoms with Gasteiger partial charge in [-0.05, 0) is 0 Å². The third-order valence-electron chi connectivity index (χ3n) is 0.910. The molecule has 5 heteroatoms. The lowest BCUT2D eigenvalue weighted by Crippen LogP contribution is -2.41. The minimum atomic E-state index is 1.61. The Kier molecular flexibility index (Phi) is 1.64. The maximum Gasteiger partial charge on any atom is 0.0709 e. The molecule has 1 heterocycles. The smallest absolute Gasteiger partial charge is 0.0709 e. The van der Waals surface area contributed by atoms with Crippen LogP contribution in [0.2, 0.25) is 0 Å². The van der Waals surface area contributed by atoms with Crippen molar-refractivity contribution in [1.82, 2.24) is 15.7 Å². The van der Waals surface area contributed by atoms with E-state index in [-0.39, 0.29) is 0 Å². The van der Waals surface area contributed by atoms with Gasteiger partial charge in [-0.2, -0.15) is 5.53 Å². The van der Waals surface area contributed by atoms with Crippen LogP contribution in [0.15, 0.2) is 22.7 Å². The van der Waals surface area contributed by atoms with E-state index in [1.165, 1.54) is 0 Å². The van der Waals surface area contributed by atoms with Gasteiger partial charge in [0, 0.05) is 14.1 Å². The molecule has 1 aliphatic heterocycles. The lowest BCUT2D eigenvalue weighted by atomic mass is 10.9. The molecule has 1 rings (SSSR count). The van der Waals surface area contributed by atoms with Gasteiger partial charge in [-0.25, -0.2) is 10.1 Å². The molecular formula is C4H9N5. The third kappa shape index (κ3) is 1.39. The van der Waals surface area contributed by atoms with Crippen molar-refractivity contribution in [1.29, 1.82) is 0 Å². The SMILES string of the molecule is CN(C)N1C=CN=NN1. The molecule has 0 amide bonds. The number of nitrogens with one attached hydrogen (secondary N) is 1. The van der Waals surface area contributed by atoms with E-state index in [0.717, 1.165) is 0 Å². The molecule has 0 aromatic heterocycles. The summed E-state index contributed by atoms with van der Waals surface area (Å²) in [6.07, 6.45) is 3.38. The normalized spacial score (nSPS) is 16.6. The van der Waals surface area contributed by atoms with Gasteiger partial charge in [0.15, 0.2) is 0 Å². The van der Waals surface area contributed by atoms with Crippen LogP contribution in [0.25, 0.3) is 0 Å². The summed E-state index contributed by atoms with van der Waals surface area (Å²) in [4.78, 5) is 0. The van der Waals surface area contributed by atoms with Crippen molar-refractivity contribution in [3.63, 3.8) is 0 Å². The van der Waals surface area contributed by atoms with Gasteiger partial charge in [-0.15, -0.1) is 5.11 Å². The van der Waals surface area contributed by atoms with Crippen molar-refractivity contribution in [3.8, 4) is 0 Å². The van der Waals surface area contributed by atoms with Gasteiger partial charge in [-0.1, -0.05) is 5.22 Å². The maximum absolute atomic E-state index is 3.57. The Hall–Kier alpha value is -1.10. The molecule has 1 N–H and O–H groups in total. The minimum absolute atomic E-state index is 1.61. The zero-order chi connectivity index (χ0) is 6.69. The summed E-state index contributed by atoms with van der Waals surface area (Å²) in [5, 5.41) is 10.7. The van der Waals surface area contributed by atoms with Crippen molar-refractivity contribution < 1.29 is 0 Å². The van der Waals surface area contributed by atoms with E-state index in [1.54, 1.807) is 17.5 Å². The van der Waals surface area contributed by atoms with Crippen LogP contribution in [0.5, 0.6) is 0 Å². The van der Waals surface area contributed by atoms with Crippen LogP contribution in [-0.2, 0) is 0 Å². The monoisotopic (exact) mass is 127 g/mol. The summed E-state index contributed by atoms with van der Waals surface area (Å²) in [5.74, 6) is 0. The fourth-order valence-electron chi connectivity index (χ4n) is 0.454. The van der Waals surface area contributed by atoms with Crippen LogP contribution in [0.1, 0.15) is 0 Å². The molecule has 0 atom stereocenters. The molecule has 9 heavy (non-hydrogen) atoms. The predicted octanol–water partition coefficient (Wildman–Crippen LogP) is 0.122. The Balaban J connectivity index is 2.46. The average molecular weight is 127 g/mol. The van der Waals surface area contributed by atoms with E-state index < -0.39 is 0 Å². The molecule has 0 fully saturated rings. The van der Waals surface area contributed by atoms with E-state index in [2.05, 4.69) is 15.9 Å². The largest absolute Gasteiger partial charge is 0.207 e. The van der Waals surface area contributed by atoms with Crippen molar-refractivity contribution in [2.75, 3.05) is 14.1 Å². The van der Waals surface area contributed by atoms with Gasteiger partial charge in [0.25, 0.3) is 0 Å². The Labute approximate surface area is 53.6 Å². The summed E-state index contributed by atoms with van der Waals surface area (Å²) in [7, 11) is 3.80. The molecule has 5 nitrogen and oxygen atoms in total. The fraction of sp³-hybridized carbons (Fsp3) is 0.500. The molecule has 0 unspecified atom stereocenters. The van der Waals surface area contributed by atoms with Crippen molar-refractivity contribution in [2.45, 2.75) is 0 Å². The highest BCUT2D eigenvalue weighted by Gasteiger charge is 1.99. The zero-order valence-electron chi connectivity index (χ0n) is 5.44. The number of nitrogens with zero attached hydrogens (tertiary/aromatic N) is 4. The molecule has 0 saturated heterocycles. The maximum atomic E-state index is 3.57. The molecule has 50 valence electrons. The van der Waals surface area contributed by atoms with Crippen LogP contribution in [-0.4, -0.2) is 24.2 Å². The first-order chi connectivity index (χ1) is 4.30. The summed E-state index contributed by atoms with van der Waals surface area (Å²) >= 11 is 0. The summed E-state index contributed by atoms with van der Waals surface area (Å²) in [6, 6.07) is 0. The van der Waals surface area contributed by atoms with Gasteiger partial charge in [-0.3, -0.25) is 0 Å². The van der Waals surface area contributed by atoms with Gasteiger partial charge in [0.1, 0.15) is 0 Å². The number of hydrazine groups is 2. The summed E-state index contributed by atoms with van der Waals surface area (Å²) in [6.45, 7) is 0. The van der Waals surface area contributed by atoms with Crippen molar-refractivity contribution in [2.24, 2.45) is 10.3 Å². The molecule has 1 aliphatic rings. The molecule has 0 spiro atoms. The molecule has 0 radical (unpaired) electrons. The lowest BCUT2D eigenvalue weighted by molar-refractivity contribution is 0.0198. The zero-order valence-corrected chi connectivity index (χ0v) is 5.44. The highest BCUT2D eigenvalue weighted by Crippen LogP contribution is 1.93.